The number of rotatable bonds is 5. The fourth-order valence-corrected chi connectivity index (χ4v) is 3.50. The van der Waals surface area contributed by atoms with E-state index in [0.29, 0.717) is 20.7 Å². The van der Waals surface area contributed by atoms with Gasteiger partial charge in [0.2, 0.25) is 5.01 Å². The lowest BCUT2D eigenvalue weighted by atomic mass is 10.2. The molecule has 0 saturated carbocycles. The van der Waals surface area contributed by atoms with Gasteiger partial charge in [-0.05, 0) is 54.3 Å². The Hall–Kier alpha value is -1.86. The summed E-state index contributed by atoms with van der Waals surface area (Å²) in [7, 11) is 0. The van der Waals surface area contributed by atoms with E-state index in [1.54, 1.807) is 42.1 Å². The summed E-state index contributed by atoms with van der Waals surface area (Å²) in [6.45, 7) is 0. The van der Waals surface area contributed by atoms with Crippen LogP contribution in [0.4, 0.5) is 5.69 Å². The Labute approximate surface area is 169 Å². The molecule has 0 aliphatic carbocycles. The summed E-state index contributed by atoms with van der Waals surface area (Å²) in [6.07, 6.45) is 3.82. The number of thioether (sulfide) groups is 1. The Bertz CT molecular complexity index is 938. The lowest BCUT2D eigenvalue weighted by molar-refractivity contribution is 0.102. The summed E-state index contributed by atoms with van der Waals surface area (Å²) < 4.78 is 0. The van der Waals surface area contributed by atoms with E-state index >= 15 is 0 Å². The van der Waals surface area contributed by atoms with Gasteiger partial charge in [-0.15, -0.1) is 22.0 Å². The Morgan fingerprint density at radius 3 is 2.38 bits per heavy atom. The third kappa shape index (κ3) is 4.86. The van der Waals surface area contributed by atoms with E-state index in [4.69, 9.17) is 23.2 Å². The minimum Gasteiger partial charge on any atom is -0.320 e. The molecular weight excluding hydrogens is 409 g/mol. The molecule has 0 fully saturated rings. The molecule has 1 heterocycles. The normalized spacial score (nSPS) is 11.4. The van der Waals surface area contributed by atoms with Crippen molar-refractivity contribution in [2.75, 3.05) is 11.6 Å². The second-order valence-electron chi connectivity index (χ2n) is 5.14. The van der Waals surface area contributed by atoms with Crippen LogP contribution in [0.5, 0.6) is 0 Å². The molecule has 1 aromatic heterocycles. The summed E-state index contributed by atoms with van der Waals surface area (Å²) in [5.74, 6) is -0.343. The Morgan fingerprint density at radius 2 is 1.73 bits per heavy atom. The molecule has 2 aromatic carbocycles. The number of anilines is 1. The van der Waals surface area contributed by atoms with E-state index in [2.05, 4.69) is 15.5 Å². The molecule has 0 spiro atoms. The number of halogens is 2. The van der Waals surface area contributed by atoms with Gasteiger partial charge in [0.05, 0.1) is 5.03 Å². The van der Waals surface area contributed by atoms with Gasteiger partial charge in [0, 0.05) is 15.6 Å². The van der Waals surface area contributed by atoms with Crippen LogP contribution < -0.4 is 5.32 Å². The molecule has 0 bridgehead atoms. The van der Waals surface area contributed by atoms with Crippen LogP contribution in [0.25, 0.3) is 11.1 Å². The predicted octanol–water partition coefficient (Wildman–Crippen LogP) is 5.90. The number of nitrogens with zero attached hydrogens (tertiary/aromatic N) is 2. The Kier molecular flexibility index (Phi) is 6.32. The summed E-state index contributed by atoms with van der Waals surface area (Å²) >= 11 is 15.0. The van der Waals surface area contributed by atoms with Gasteiger partial charge >= 0.3 is 0 Å². The summed E-state index contributed by atoms with van der Waals surface area (Å²) in [5, 5.41) is 12.4. The van der Waals surface area contributed by atoms with E-state index in [1.165, 1.54) is 4.90 Å². The number of hydrogen-bond acceptors (Lipinski definition) is 5. The molecule has 0 aliphatic heterocycles. The highest BCUT2D eigenvalue weighted by Gasteiger charge is 2.14. The van der Waals surface area contributed by atoms with Crippen LogP contribution >= 0.6 is 46.3 Å². The Morgan fingerprint density at radius 1 is 1.08 bits per heavy atom. The highest BCUT2D eigenvalue weighted by molar-refractivity contribution is 7.98. The van der Waals surface area contributed by atoms with Gasteiger partial charge in [-0.3, -0.25) is 4.79 Å². The van der Waals surface area contributed by atoms with Gasteiger partial charge < -0.3 is 5.32 Å². The van der Waals surface area contributed by atoms with Crippen molar-refractivity contribution in [2.24, 2.45) is 0 Å². The van der Waals surface area contributed by atoms with E-state index < -0.39 is 0 Å². The lowest BCUT2D eigenvalue weighted by Gasteiger charge is -2.01. The molecule has 1 N–H and O–H groups in total. The van der Waals surface area contributed by atoms with Gasteiger partial charge in [-0.25, -0.2) is 0 Å². The maximum absolute atomic E-state index is 12.3. The molecule has 0 atom stereocenters. The van der Waals surface area contributed by atoms with Crippen LogP contribution in [-0.4, -0.2) is 22.4 Å². The molecule has 3 rings (SSSR count). The largest absolute Gasteiger partial charge is 0.320 e. The monoisotopic (exact) mass is 421 g/mol. The number of benzene rings is 2. The zero-order valence-electron chi connectivity index (χ0n) is 13.6. The first-order chi connectivity index (χ1) is 12.5. The lowest BCUT2D eigenvalue weighted by Crippen LogP contribution is -2.11. The summed E-state index contributed by atoms with van der Waals surface area (Å²) in [6, 6.07) is 14.8. The smallest absolute Gasteiger partial charge is 0.286 e. The van der Waals surface area contributed by atoms with E-state index in [1.807, 2.05) is 30.5 Å². The second kappa shape index (κ2) is 8.68. The first-order valence-electron chi connectivity index (χ1n) is 7.47. The average molecular weight is 422 g/mol. The van der Waals surface area contributed by atoms with E-state index in [9.17, 15) is 4.79 Å². The van der Waals surface area contributed by atoms with Crippen LogP contribution in [0.15, 0.2) is 53.4 Å². The summed E-state index contributed by atoms with van der Waals surface area (Å²) in [4.78, 5) is 13.4. The van der Waals surface area contributed by atoms with Crippen molar-refractivity contribution in [2.45, 2.75) is 4.90 Å². The van der Waals surface area contributed by atoms with Crippen LogP contribution in [0.3, 0.4) is 0 Å². The van der Waals surface area contributed by atoms with Gasteiger partial charge in [-0.2, -0.15) is 0 Å². The predicted molar refractivity (Wildman–Crippen MR) is 111 cm³/mol. The average Bonchev–Trinajstić information content (AvgIpc) is 3.15. The number of carbonyl (C=O) groups excluding carboxylic acids is 1. The van der Waals surface area contributed by atoms with Crippen LogP contribution in [0.1, 0.15) is 20.4 Å². The van der Waals surface area contributed by atoms with E-state index in [0.717, 1.165) is 16.9 Å². The topological polar surface area (TPSA) is 54.9 Å². The number of carbonyl (C=O) groups is 1. The van der Waals surface area contributed by atoms with Crippen molar-refractivity contribution in [1.82, 2.24) is 10.2 Å². The number of amides is 1. The van der Waals surface area contributed by atoms with E-state index in [-0.39, 0.29) is 10.9 Å². The number of aromatic nitrogens is 2. The molecular formula is C18H13Cl2N3OS2. The zero-order chi connectivity index (χ0) is 18.5. The summed E-state index contributed by atoms with van der Waals surface area (Å²) in [5.41, 5.74) is 1.59. The molecule has 132 valence electrons. The minimum atomic E-state index is -0.343. The third-order valence-corrected chi connectivity index (χ3v) is 5.69. The van der Waals surface area contributed by atoms with Crippen molar-refractivity contribution < 1.29 is 4.79 Å². The van der Waals surface area contributed by atoms with Gasteiger partial charge in [0.1, 0.15) is 0 Å². The van der Waals surface area contributed by atoms with Crippen LogP contribution in [-0.2, 0) is 0 Å². The maximum Gasteiger partial charge on any atom is 0.286 e. The quantitative estimate of drug-likeness (QED) is 0.520. The van der Waals surface area contributed by atoms with Crippen molar-refractivity contribution in [1.29, 1.82) is 0 Å². The van der Waals surface area contributed by atoms with Gasteiger partial charge in [0.25, 0.3) is 5.91 Å². The van der Waals surface area contributed by atoms with Crippen molar-refractivity contribution in [3.63, 3.8) is 0 Å². The molecule has 0 unspecified atom stereocenters. The molecule has 1 amide bonds. The molecule has 0 radical (unpaired) electrons. The highest BCUT2D eigenvalue weighted by Crippen LogP contribution is 2.26. The van der Waals surface area contributed by atoms with Crippen molar-refractivity contribution in [3.05, 3.63) is 69.1 Å². The van der Waals surface area contributed by atoms with Crippen molar-refractivity contribution >= 4 is 69.0 Å². The fraction of sp³-hybridized carbons (Fsp3) is 0.0556. The van der Waals surface area contributed by atoms with Crippen LogP contribution in [0.2, 0.25) is 5.02 Å². The van der Waals surface area contributed by atoms with Gasteiger partial charge in [0.15, 0.2) is 5.01 Å². The molecule has 8 heteroatoms. The SMILES string of the molecule is CSc1ccc(/C=C(\Cl)c2nnc(C(=O)Nc3ccc(Cl)cc3)s2)cc1. The first-order valence-corrected chi connectivity index (χ1v) is 10.3. The molecule has 0 aliphatic rings. The zero-order valence-corrected chi connectivity index (χ0v) is 16.7. The molecule has 26 heavy (non-hydrogen) atoms. The number of hydrogen-bond donors (Lipinski definition) is 1. The molecule has 3 aromatic rings. The Balaban J connectivity index is 1.72. The fourth-order valence-electron chi connectivity index (χ4n) is 2.04. The molecule has 4 nitrogen and oxygen atoms in total. The highest BCUT2D eigenvalue weighted by atomic mass is 35.5. The standard InChI is InChI=1S/C18H13Cl2N3OS2/c1-25-14-8-2-11(3-9-14)10-15(20)17-22-23-18(26-17)16(24)21-13-6-4-12(19)5-7-13/h2-10H,1H3,(H,21,24)/b15-10-. The number of nitrogens with one attached hydrogen (secondary N) is 1. The second-order valence-corrected chi connectivity index (χ2v) is 7.84. The van der Waals surface area contributed by atoms with Crippen molar-refractivity contribution in [3.8, 4) is 0 Å². The third-order valence-electron chi connectivity index (χ3n) is 3.33. The van der Waals surface area contributed by atoms with Crippen LogP contribution in [0, 0.1) is 0 Å². The maximum atomic E-state index is 12.3. The van der Waals surface area contributed by atoms with Gasteiger partial charge in [-0.1, -0.05) is 46.7 Å². The first kappa shape index (κ1) is 18.9. The minimum absolute atomic E-state index is 0.235. The molecule has 0 saturated heterocycles.